The number of fused-ring (bicyclic) bond motifs is 1. The normalized spacial score (nSPS) is 18.9. The molecule has 5 heteroatoms. The Morgan fingerprint density at radius 3 is 2.81 bits per heavy atom. The summed E-state index contributed by atoms with van der Waals surface area (Å²) in [5, 5.41) is 3.57. The van der Waals surface area contributed by atoms with Crippen LogP contribution in [0.1, 0.15) is 60.8 Å². The average Bonchev–Trinajstić information content (AvgIpc) is 2.75. The number of hydrogen-bond acceptors (Lipinski definition) is 3. The molecule has 2 rings (SSSR count). The highest BCUT2D eigenvalue weighted by molar-refractivity contribution is 7.17. The Labute approximate surface area is 130 Å². The van der Waals surface area contributed by atoms with E-state index >= 15 is 0 Å². The molecule has 0 aromatic carbocycles. The summed E-state index contributed by atoms with van der Waals surface area (Å²) in [4.78, 5) is 25.2. The largest absolute Gasteiger partial charge is 0.365 e. The number of carbonyl (C=O) groups is 2. The highest BCUT2D eigenvalue weighted by Gasteiger charge is 2.27. The van der Waals surface area contributed by atoms with Crippen LogP contribution >= 0.6 is 11.3 Å². The van der Waals surface area contributed by atoms with Gasteiger partial charge >= 0.3 is 0 Å². The SMILES string of the molecule is CCCC(C)C(=O)Nc1sc2c(c1C(N)=O)CCC(C)C2. The summed E-state index contributed by atoms with van der Waals surface area (Å²) in [5.41, 5.74) is 7.14. The van der Waals surface area contributed by atoms with E-state index in [9.17, 15) is 9.59 Å². The fraction of sp³-hybridized carbons (Fsp3) is 0.625. The number of amides is 2. The van der Waals surface area contributed by atoms with Crippen LogP contribution in [0.5, 0.6) is 0 Å². The molecule has 3 N–H and O–H groups in total. The zero-order valence-electron chi connectivity index (χ0n) is 13.0. The van der Waals surface area contributed by atoms with Gasteiger partial charge in [-0.3, -0.25) is 9.59 Å². The molecule has 1 aliphatic carbocycles. The van der Waals surface area contributed by atoms with Crippen LogP contribution in [0.4, 0.5) is 5.00 Å². The van der Waals surface area contributed by atoms with Gasteiger partial charge in [0.1, 0.15) is 5.00 Å². The molecular formula is C16H24N2O2S. The summed E-state index contributed by atoms with van der Waals surface area (Å²) in [6, 6.07) is 0. The van der Waals surface area contributed by atoms with E-state index in [0.29, 0.717) is 16.5 Å². The Bertz CT molecular complexity index is 551. The van der Waals surface area contributed by atoms with E-state index in [1.54, 1.807) is 0 Å². The first-order valence-corrected chi connectivity index (χ1v) is 8.50. The van der Waals surface area contributed by atoms with Gasteiger partial charge in [-0.05, 0) is 37.2 Å². The lowest BCUT2D eigenvalue weighted by atomic mass is 9.88. The minimum atomic E-state index is -0.430. The van der Waals surface area contributed by atoms with Crippen molar-refractivity contribution in [2.75, 3.05) is 5.32 Å². The molecule has 0 saturated carbocycles. The summed E-state index contributed by atoms with van der Waals surface area (Å²) in [7, 11) is 0. The highest BCUT2D eigenvalue weighted by Crippen LogP contribution is 2.39. The molecule has 0 spiro atoms. The molecule has 116 valence electrons. The summed E-state index contributed by atoms with van der Waals surface area (Å²) >= 11 is 1.53. The maximum atomic E-state index is 12.2. The van der Waals surface area contributed by atoms with Crippen LogP contribution in [0.2, 0.25) is 0 Å². The van der Waals surface area contributed by atoms with Gasteiger partial charge in [0.2, 0.25) is 5.91 Å². The van der Waals surface area contributed by atoms with Crippen LogP contribution in [0.15, 0.2) is 0 Å². The van der Waals surface area contributed by atoms with Gasteiger partial charge in [-0.25, -0.2) is 0 Å². The van der Waals surface area contributed by atoms with Crippen molar-refractivity contribution in [3.05, 3.63) is 16.0 Å². The van der Waals surface area contributed by atoms with Gasteiger partial charge in [0.25, 0.3) is 5.91 Å². The van der Waals surface area contributed by atoms with Gasteiger partial charge in [0.05, 0.1) is 5.56 Å². The first-order valence-electron chi connectivity index (χ1n) is 7.69. The minimum Gasteiger partial charge on any atom is -0.365 e. The van der Waals surface area contributed by atoms with Crippen LogP contribution in [-0.4, -0.2) is 11.8 Å². The van der Waals surface area contributed by atoms with Crippen molar-refractivity contribution in [1.82, 2.24) is 0 Å². The molecule has 1 aromatic rings. The Kier molecular flexibility index (Phi) is 5.04. The molecule has 0 aliphatic heterocycles. The molecule has 0 saturated heterocycles. The highest BCUT2D eigenvalue weighted by atomic mass is 32.1. The third kappa shape index (κ3) is 3.46. The van der Waals surface area contributed by atoms with E-state index in [1.807, 2.05) is 6.92 Å². The quantitative estimate of drug-likeness (QED) is 0.875. The molecule has 21 heavy (non-hydrogen) atoms. The smallest absolute Gasteiger partial charge is 0.251 e. The van der Waals surface area contributed by atoms with Crippen molar-refractivity contribution in [2.24, 2.45) is 17.6 Å². The fourth-order valence-electron chi connectivity index (χ4n) is 2.90. The topological polar surface area (TPSA) is 72.2 Å². The fourth-order valence-corrected chi connectivity index (χ4v) is 4.32. The van der Waals surface area contributed by atoms with E-state index in [1.165, 1.54) is 16.2 Å². The van der Waals surface area contributed by atoms with E-state index in [-0.39, 0.29) is 11.8 Å². The average molecular weight is 308 g/mol. The second kappa shape index (κ2) is 6.60. The third-order valence-electron chi connectivity index (χ3n) is 4.16. The van der Waals surface area contributed by atoms with Gasteiger partial charge in [0, 0.05) is 10.8 Å². The van der Waals surface area contributed by atoms with E-state index in [2.05, 4.69) is 19.2 Å². The molecule has 0 radical (unpaired) electrons. The zero-order chi connectivity index (χ0) is 15.6. The lowest BCUT2D eigenvalue weighted by Gasteiger charge is -2.18. The standard InChI is InChI=1S/C16H24N2O2S/c1-4-5-10(3)15(20)18-16-13(14(17)19)11-7-6-9(2)8-12(11)21-16/h9-10H,4-8H2,1-3H3,(H2,17,19)(H,18,20). The number of anilines is 1. The number of thiophene rings is 1. The van der Waals surface area contributed by atoms with Crippen LogP contribution < -0.4 is 11.1 Å². The first-order chi connectivity index (χ1) is 9.93. The maximum absolute atomic E-state index is 12.2. The van der Waals surface area contributed by atoms with Crippen LogP contribution in [-0.2, 0) is 17.6 Å². The van der Waals surface area contributed by atoms with Crippen molar-refractivity contribution < 1.29 is 9.59 Å². The molecule has 2 amide bonds. The van der Waals surface area contributed by atoms with Gasteiger partial charge in [-0.15, -0.1) is 11.3 Å². The molecule has 0 bridgehead atoms. The van der Waals surface area contributed by atoms with Gasteiger partial charge in [-0.2, -0.15) is 0 Å². The number of hydrogen-bond donors (Lipinski definition) is 2. The molecule has 0 fully saturated rings. The summed E-state index contributed by atoms with van der Waals surface area (Å²) in [6.45, 7) is 6.19. The Hall–Kier alpha value is -1.36. The third-order valence-corrected chi connectivity index (χ3v) is 5.33. The van der Waals surface area contributed by atoms with E-state index in [4.69, 9.17) is 5.73 Å². The summed E-state index contributed by atoms with van der Waals surface area (Å²) < 4.78 is 0. The Balaban J connectivity index is 2.27. The zero-order valence-corrected chi connectivity index (χ0v) is 13.8. The van der Waals surface area contributed by atoms with Gasteiger partial charge < -0.3 is 11.1 Å². The number of nitrogens with two attached hydrogens (primary N) is 1. The monoisotopic (exact) mass is 308 g/mol. The van der Waals surface area contributed by atoms with Gasteiger partial charge in [-0.1, -0.05) is 27.2 Å². The second-order valence-corrected chi connectivity index (χ2v) is 7.20. The van der Waals surface area contributed by atoms with Crippen LogP contribution in [0, 0.1) is 11.8 Å². The lowest BCUT2D eigenvalue weighted by molar-refractivity contribution is -0.119. The molecular weight excluding hydrogens is 284 g/mol. The van der Waals surface area contributed by atoms with Gasteiger partial charge in [0.15, 0.2) is 0 Å². The van der Waals surface area contributed by atoms with Crippen molar-refractivity contribution in [1.29, 1.82) is 0 Å². The number of primary amides is 1. The van der Waals surface area contributed by atoms with Crippen molar-refractivity contribution in [3.8, 4) is 0 Å². The minimum absolute atomic E-state index is 0.0222. The summed E-state index contributed by atoms with van der Waals surface area (Å²) in [5.74, 6) is 0.125. The Morgan fingerprint density at radius 2 is 2.19 bits per heavy atom. The predicted octanol–water partition coefficient (Wildman–Crippen LogP) is 3.35. The van der Waals surface area contributed by atoms with Crippen molar-refractivity contribution >= 4 is 28.2 Å². The number of nitrogens with one attached hydrogen (secondary N) is 1. The molecule has 2 atom stereocenters. The van der Waals surface area contributed by atoms with Crippen LogP contribution in [0.25, 0.3) is 0 Å². The second-order valence-electron chi connectivity index (χ2n) is 6.10. The molecule has 1 aliphatic rings. The maximum Gasteiger partial charge on any atom is 0.251 e. The van der Waals surface area contributed by atoms with E-state index < -0.39 is 5.91 Å². The predicted molar refractivity (Wildman–Crippen MR) is 86.7 cm³/mol. The number of rotatable bonds is 5. The van der Waals surface area contributed by atoms with Crippen LogP contribution in [0.3, 0.4) is 0 Å². The lowest BCUT2D eigenvalue weighted by Crippen LogP contribution is -2.22. The van der Waals surface area contributed by atoms with E-state index in [0.717, 1.165) is 37.7 Å². The molecule has 1 aromatic heterocycles. The van der Waals surface area contributed by atoms with Crippen molar-refractivity contribution in [3.63, 3.8) is 0 Å². The molecule has 4 nitrogen and oxygen atoms in total. The summed E-state index contributed by atoms with van der Waals surface area (Å²) in [6.07, 6.45) is 4.74. The number of carbonyl (C=O) groups excluding carboxylic acids is 2. The molecule has 1 heterocycles. The molecule has 2 unspecified atom stereocenters. The first kappa shape index (κ1) is 16.0. The van der Waals surface area contributed by atoms with Crippen molar-refractivity contribution in [2.45, 2.75) is 52.9 Å². The Morgan fingerprint density at radius 1 is 1.48 bits per heavy atom.